The Balaban J connectivity index is 1.33. The van der Waals surface area contributed by atoms with Crippen LogP contribution in [0, 0.1) is 5.92 Å². The minimum Gasteiger partial charge on any atom is -0.371 e. The van der Waals surface area contributed by atoms with E-state index in [1.165, 1.54) is 6.92 Å². The van der Waals surface area contributed by atoms with Gasteiger partial charge in [-0.3, -0.25) is 9.79 Å². The Morgan fingerprint density at radius 1 is 1.19 bits per heavy atom. The first-order chi connectivity index (χ1) is 16.9. The number of halogens is 6. The van der Waals surface area contributed by atoms with Crippen molar-refractivity contribution in [3.8, 4) is 0 Å². The van der Waals surface area contributed by atoms with E-state index >= 15 is 0 Å². The highest BCUT2D eigenvalue weighted by Crippen LogP contribution is 2.30. The molecule has 1 unspecified atom stereocenters. The molecular weight excluding hydrogens is 500 g/mol. The summed E-state index contributed by atoms with van der Waals surface area (Å²) in [5, 5.41) is 7.68. The van der Waals surface area contributed by atoms with Crippen LogP contribution >= 0.6 is 0 Å². The summed E-state index contributed by atoms with van der Waals surface area (Å²) in [6, 6.07) is -0.716. The predicted octanol–water partition coefficient (Wildman–Crippen LogP) is 1.75. The van der Waals surface area contributed by atoms with E-state index in [-0.39, 0.29) is 25.7 Å². The van der Waals surface area contributed by atoms with Crippen molar-refractivity contribution in [2.75, 3.05) is 18.1 Å². The van der Waals surface area contributed by atoms with Gasteiger partial charge in [-0.05, 0) is 6.92 Å². The number of carbonyl (C=O) groups excluding carboxylic acids is 1. The van der Waals surface area contributed by atoms with Gasteiger partial charge in [0.15, 0.2) is 11.7 Å². The lowest BCUT2D eigenvalue weighted by Crippen LogP contribution is -2.47. The molecule has 0 aliphatic carbocycles. The molecule has 11 nitrogen and oxygen atoms in total. The molecule has 2 atom stereocenters. The van der Waals surface area contributed by atoms with Crippen LogP contribution in [0.5, 0.6) is 0 Å². The fourth-order valence-corrected chi connectivity index (χ4v) is 3.52. The number of carbonyl (C=O) groups is 1. The van der Waals surface area contributed by atoms with Crippen LogP contribution in [-0.4, -0.2) is 67.9 Å². The van der Waals surface area contributed by atoms with E-state index in [2.05, 4.69) is 30.1 Å². The maximum atomic E-state index is 13.2. The third-order valence-corrected chi connectivity index (χ3v) is 5.17. The predicted molar refractivity (Wildman–Crippen MR) is 111 cm³/mol. The fraction of sp³-hybridized carbons (Fsp3) is 0.526. The van der Waals surface area contributed by atoms with Gasteiger partial charge in [0, 0.05) is 18.9 Å². The third-order valence-electron chi connectivity index (χ3n) is 5.17. The van der Waals surface area contributed by atoms with Crippen molar-refractivity contribution in [3.63, 3.8) is 0 Å². The second-order valence-electron chi connectivity index (χ2n) is 7.99. The van der Waals surface area contributed by atoms with Crippen molar-refractivity contribution in [2.24, 2.45) is 16.0 Å². The maximum absolute atomic E-state index is 13.2. The van der Waals surface area contributed by atoms with E-state index in [9.17, 15) is 31.1 Å². The van der Waals surface area contributed by atoms with Gasteiger partial charge in [-0.15, -0.1) is 0 Å². The number of hydrazone groups is 1. The van der Waals surface area contributed by atoms with E-state index in [1.54, 1.807) is 15.0 Å². The monoisotopic (exact) mass is 519 g/mol. The maximum Gasteiger partial charge on any atom is 0.419 e. The molecule has 36 heavy (non-hydrogen) atoms. The molecule has 2 aromatic rings. The summed E-state index contributed by atoms with van der Waals surface area (Å²) in [6.07, 6.45) is -7.05. The Morgan fingerprint density at radius 2 is 1.92 bits per heavy atom. The molecule has 0 spiro atoms. The quantitative estimate of drug-likeness (QED) is 0.577. The first-order valence-electron chi connectivity index (χ1n) is 10.5. The highest BCUT2D eigenvalue weighted by Gasteiger charge is 2.49. The summed E-state index contributed by atoms with van der Waals surface area (Å²) in [7, 11) is 0. The van der Waals surface area contributed by atoms with Crippen molar-refractivity contribution in [1.29, 1.82) is 0 Å². The Labute approximate surface area is 199 Å². The van der Waals surface area contributed by atoms with Gasteiger partial charge in [0.25, 0.3) is 5.91 Å². The molecule has 0 aromatic carbocycles. The first-order valence-corrected chi connectivity index (χ1v) is 10.5. The van der Waals surface area contributed by atoms with Crippen LogP contribution in [0.4, 0.5) is 32.3 Å². The number of anilines is 1. The Morgan fingerprint density at radius 3 is 2.58 bits per heavy atom. The number of aromatic nitrogens is 5. The van der Waals surface area contributed by atoms with Gasteiger partial charge in [0.05, 0.1) is 43.2 Å². The number of alkyl halides is 6. The molecule has 0 fully saturated rings. The van der Waals surface area contributed by atoms with Crippen LogP contribution in [-0.2, 0) is 35.4 Å². The van der Waals surface area contributed by atoms with E-state index in [0.717, 1.165) is 6.21 Å². The highest BCUT2D eigenvalue weighted by molar-refractivity contribution is 6.37. The van der Waals surface area contributed by atoms with Crippen molar-refractivity contribution in [2.45, 2.75) is 45.0 Å². The summed E-state index contributed by atoms with van der Waals surface area (Å²) in [5.41, 5.74) is 0.319. The van der Waals surface area contributed by atoms with Gasteiger partial charge in [-0.2, -0.15) is 36.5 Å². The molecule has 4 rings (SSSR count). The molecule has 4 heterocycles. The first kappa shape index (κ1) is 25.5. The Bertz CT molecular complexity index is 1160. The molecule has 0 saturated carbocycles. The Kier molecular flexibility index (Phi) is 6.92. The zero-order valence-corrected chi connectivity index (χ0v) is 18.6. The van der Waals surface area contributed by atoms with Gasteiger partial charge in [-0.25, -0.2) is 25.1 Å². The van der Waals surface area contributed by atoms with Gasteiger partial charge >= 0.3 is 12.4 Å². The van der Waals surface area contributed by atoms with Crippen molar-refractivity contribution >= 4 is 23.8 Å². The number of aliphatic imine (C=N–C) groups is 1. The summed E-state index contributed by atoms with van der Waals surface area (Å²) in [4.78, 5) is 29.1. The van der Waals surface area contributed by atoms with Gasteiger partial charge < -0.3 is 9.64 Å². The SMILES string of the molecule is C[C@@H](COCc1nc2n(n1)CCN(c1ncc(C(F)(F)F)cn1)C2)N=C1C=NNC(=O)C1C(F)(F)F. The number of amides is 1. The fourth-order valence-electron chi connectivity index (χ4n) is 3.52. The van der Waals surface area contributed by atoms with Gasteiger partial charge in [0.2, 0.25) is 5.95 Å². The van der Waals surface area contributed by atoms with Crippen LogP contribution in [0.3, 0.4) is 0 Å². The number of ether oxygens (including phenoxy) is 1. The van der Waals surface area contributed by atoms with E-state index in [0.29, 0.717) is 37.1 Å². The zero-order chi connectivity index (χ0) is 26.1. The molecule has 2 aromatic heterocycles. The second-order valence-corrected chi connectivity index (χ2v) is 7.99. The van der Waals surface area contributed by atoms with Crippen LogP contribution in [0.1, 0.15) is 24.1 Å². The number of nitrogens with zero attached hydrogens (tertiary/aromatic N) is 8. The second kappa shape index (κ2) is 9.79. The average molecular weight is 519 g/mol. The number of hydrogen-bond donors (Lipinski definition) is 1. The van der Waals surface area contributed by atoms with Crippen LogP contribution in [0.25, 0.3) is 0 Å². The topological polar surface area (TPSA) is 123 Å². The summed E-state index contributed by atoms with van der Waals surface area (Å²) in [5.74, 6) is -2.75. The summed E-state index contributed by atoms with van der Waals surface area (Å²) >= 11 is 0. The molecule has 2 aliphatic heterocycles. The zero-order valence-electron chi connectivity index (χ0n) is 18.6. The summed E-state index contributed by atoms with van der Waals surface area (Å²) < 4.78 is 84.7. The van der Waals surface area contributed by atoms with Crippen molar-refractivity contribution in [1.82, 2.24) is 30.2 Å². The molecule has 0 bridgehead atoms. The molecule has 1 N–H and O–H groups in total. The van der Waals surface area contributed by atoms with E-state index in [1.807, 2.05) is 0 Å². The molecule has 0 saturated heterocycles. The molecule has 2 aliphatic rings. The van der Waals surface area contributed by atoms with Crippen LogP contribution in [0.15, 0.2) is 22.5 Å². The lowest BCUT2D eigenvalue weighted by Gasteiger charge is -2.26. The van der Waals surface area contributed by atoms with Crippen LogP contribution in [0.2, 0.25) is 0 Å². The number of rotatable bonds is 6. The average Bonchev–Trinajstić information content (AvgIpc) is 3.19. The number of fused-ring (bicyclic) bond motifs is 1. The van der Waals surface area contributed by atoms with Gasteiger partial charge in [-0.1, -0.05) is 0 Å². The molecule has 17 heteroatoms. The lowest BCUT2D eigenvalue weighted by atomic mass is 10.0. The summed E-state index contributed by atoms with van der Waals surface area (Å²) in [6.45, 7) is 2.39. The number of nitrogens with one attached hydrogen (secondary N) is 1. The lowest BCUT2D eigenvalue weighted by molar-refractivity contribution is -0.168. The molecule has 0 radical (unpaired) electrons. The molecule has 194 valence electrons. The normalized spacial score (nSPS) is 20.4. The Hall–Kier alpha value is -3.63. The molecular formula is C19H19F6N9O2. The van der Waals surface area contributed by atoms with E-state index in [4.69, 9.17) is 4.74 Å². The van der Waals surface area contributed by atoms with Gasteiger partial charge in [0.1, 0.15) is 12.4 Å². The smallest absolute Gasteiger partial charge is 0.371 e. The third kappa shape index (κ3) is 5.77. The largest absolute Gasteiger partial charge is 0.419 e. The minimum absolute atomic E-state index is 0.0523. The standard InChI is InChI=1S/C19H19F6N9O2/c1-10(29-12-6-28-31-16(35)15(12)19(23,24)25)8-36-9-13-30-14-7-33(2-3-34(14)32-13)17-26-4-11(5-27-17)18(20,21)22/h4-6,10,15H,2-3,7-9H2,1H3,(H,31,35)/t10-,15?/m0/s1. The van der Waals surface area contributed by atoms with Crippen molar-refractivity contribution in [3.05, 3.63) is 29.6 Å². The van der Waals surface area contributed by atoms with Crippen molar-refractivity contribution < 1.29 is 35.9 Å². The highest BCUT2D eigenvalue weighted by atomic mass is 19.4. The van der Waals surface area contributed by atoms with Crippen LogP contribution < -0.4 is 10.3 Å². The number of hydrogen-bond acceptors (Lipinski definition) is 9. The molecule has 1 amide bonds. The minimum atomic E-state index is -4.81. The van der Waals surface area contributed by atoms with E-state index < -0.39 is 41.5 Å².